The molecule has 2 aliphatic heterocycles. The SMILES string of the molecule is CC(C)(C)OC(=O)Cn1cc2c(n1)[C@@H](C(=O)O)N1C[C@@H]2N(OCc2ccccc2)C1=O. The summed E-state index contributed by atoms with van der Waals surface area (Å²) in [6.45, 7) is 5.45. The number of carboxylic acids is 1. The second kappa shape index (κ2) is 7.69. The Labute approximate surface area is 178 Å². The third-order valence-electron chi connectivity index (χ3n) is 4.99. The first-order valence-electron chi connectivity index (χ1n) is 9.92. The number of aliphatic carboxylic acids is 1. The van der Waals surface area contributed by atoms with Gasteiger partial charge in [-0.1, -0.05) is 30.3 Å². The van der Waals surface area contributed by atoms with Gasteiger partial charge in [0.25, 0.3) is 0 Å². The Hall–Kier alpha value is -3.40. The molecule has 2 bridgehead atoms. The van der Waals surface area contributed by atoms with Crippen LogP contribution in [0.3, 0.4) is 0 Å². The third-order valence-corrected chi connectivity index (χ3v) is 4.99. The molecule has 1 saturated heterocycles. The highest BCUT2D eigenvalue weighted by atomic mass is 16.7. The molecule has 31 heavy (non-hydrogen) atoms. The molecule has 0 spiro atoms. The van der Waals surface area contributed by atoms with Crippen molar-refractivity contribution in [1.29, 1.82) is 0 Å². The molecule has 0 radical (unpaired) electrons. The summed E-state index contributed by atoms with van der Waals surface area (Å²) >= 11 is 0. The van der Waals surface area contributed by atoms with Gasteiger partial charge in [0.2, 0.25) is 0 Å². The molecule has 0 aliphatic carbocycles. The zero-order valence-corrected chi connectivity index (χ0v) is 17.5. The maximum absolute atomic E-state index is 12.9. The summed E-state index contributed by atoms with van der Waals surface area (Å²) in [4.78, 5) is 44.0. The van der Waals surface area contributed by atoms with Crippen molar-refractivity contribution in [3.63, 3.8) is 0 Å². The molecule has 0 saturated carbocycles. The number of urea groups is 1. The maximum atomic E-state index is 12.9. The first-order valence-corrected chi connectivity index (χ1v) is 9.92. The van der Waals surface area contributed by atoms with Gasteiger partial charge in [-0.05, 0) is 26.3 Å². The molecule has 2 aromatic rings. The fraction of sp³-hybridized carbons (Fsp3) is 0.429. The Morgan fingerprint density at radius 1 is 1.23 bits per heavy atom. The van der Waals surface area contributed by atoms with Crippen LogP contribution in [0.15, 0.2) is 36.5 Å². The van der Waals surface area contributed by atoms with Crippen LogP contribution in [-0.4, -0.2) is 55.0 Å². The van der Waals surface area contributed by atoms with Crippen LogP contribution in [0.5, 0.6) is 0 Å². The zero-order chi connectivity index (χ0) is 22.3. The standard InChI is InChI=1S/C21H24N4O6/c1-21(2,3)31-16(26)11-23-9-14-15-10-24(18(19(27)28)17(14)22-23)20(29)25(15)30-12-13-7-5-4-6-8-13/h4-9,15,18H,10-12H2,1-3H3,(H,27,28)/t15-,18-/m0/s1. The molecule has 10 heteroatoms. The average molecular weight is 428 g/mol. The van der Waals surface area contributed by atoms with Gasteiger partial charge in [0.1, 0.15) is 30.5 Å². The van der Waals surface area contributed by atoms with Crippen LogP contribution in [0.1, 0.15) is 49.7 Å². The van der Waals surface area contributed by atoms with Crippen LogP contribution in [0, 0.1) is 0 Å². The van der Waals surface area contributed by atoms with Crippen molar-refractivity contribution in [2.24, 2.45) is 0 Å². The minimum absolute atomic E-state index is 0.162. The lowest BCUT2D eigenvalue weighted by molar-refractivity contribution is -0.155. The Morgan fingerprint density at radius 3 is 2.58 bits per heavy atom. The molecule has 4 rings (SSSR count). The number of carbonyl (C=O) groups excluding carboxylic acids is 2. The van der Waals surface area contributed by atoms with Gasteiger partial charge in [-0.15, -0.1) is 0 Å². The lowest BCUT2D eigenvalue weighted by atomic mass is 9.98. The van der Waals surface area contributed by atoms with Crippen molar-refractivity contribution in [1.82, 2.24) is 19.7 Å². The van der Waals surface area contributed by atoms with Gasteiger partial charge in [-0.2, -0.15) is 10.2 Å². The van der Waals surface area contributed by atoms with Crippen LogP contribution in [0.25, 0.3) is 0 Å². The van der Waals surface area contributed by atoms with E-state index in [1.54, 1.807) is 27.0 Å². The molecular weight excluding hydrogens is 404 g/mol. The predicted octanol–water partition coefficient (Wildman–Crippen LogP) is 2.27. The van der Waals surface area contributed by atoms with Gasteiger partial charge in [-0.25, -0.2) is 9.59 Å². The van der Waals surface area contributed by atoms with Crippen molar-refractivity contribution in [2.75, 3.05) is 6.54 Å². The molecule has 1 fully saturated rings. The minimum atomic E-state index is -1.25. The van der Waals surface area contributed by atoms with Gasteiger partial charge in [-0.3, -0.25) is 14.3 Å². The highest BCUT2D eigenvalue weighted by molar-refractivity contribution is 5.86. The summed E-state index contributed by atoms with van der Waals surface area (Å²) in [6, 6.07) is 7.07. The summed E-state index contributed by atoms with van der Waals surface area (Å²) in [7, 11) is 0. The molecule has 10 nitrogen and oxygen atoms in total. The zero-order valence-electron chi connectivity index (χ0n) is 17.5. The first kappa shape index (κ1) is 20.9. The van der Waals surface area contributed by atoms with E-state index in [2.05, 4.69) is 5.10 Å². The van der Waals surface area contributed by atoms with Gasteiger partial charge in [0.05, 0.1) is 6.54 Å². The van der Waals surface area contributed by atoms with Crippen molar-refractivity contribution >= 4 is 18.0 Å². The van der Waals surface area contributed by atoms with Crippen molar-refractivity contribution in [3.05, 3.63) is 53.3 Å². The lowest BCUT2D eigenvalue weighted by Gasteiger charge is -2.26. The molecule has 2 amide bonds. The molecule has 0 unspecified atom stereocenters. The van der Waals surface area contributed by atoms with Crippen molar-refractivity contribution < 1.29 is 29.1 Å². The Balaban J connectivity index is 1.59. The van der Waals surface area contributed by atoms with E-state index >= 15 is 0 Å². The number of carboxylic acid groups (broad SMARTS) is 1. The number of benzene rings is 1. The number of carbonyl (C=O) groups is 3. The number of fused-ring (bicyclic) bond motifs is 4. The number of hydroxylamine groups is 2. The van der Waals surface area contributed by atoms with Gasteiger partial charge in [0, 0.05) is 11.8 Å². The number of nitrogens with zero attached hydrogens (tertiary/aromatic N) is 4. The molecular formula is C21H24N4O6. The molecule has 1 aromatic heterocycles. The second-order valence-electron chi connectivity index (χ2n) is 8.53. The van der Waals surface area contributed by atoms with E-state index in [1.807, 2.05) is 30.3 Å². The molecule has 3 heterocycles. The Bertz CT molecular complexity index is 1010. The minimum Gasteiger partial charge on any atom is -0.479 e. The van der Waals surface area contributed by atoms with Gasteiger partial charge < -0.3 is 14.7 Å². The van der Waals surface area contributed by atoms with Crippen molar-refractivity contribution in [2.45, 2.75) is 51.6 Å². The van der Waals surface area contributed by atoms with E-state index in [-0.39, 0.29) is 25.4 Å². The largest absolute Gasteiger partial charge is 0.479 e. The smallest absolute Gasteiger partial charge is 0.345 e. The number of hydrogen-bond donors (Lipinski definition) is 1. The van der Waals surface area contributed by atoms with Crippen LogP contribution < -0.4 is 0 Å². The highest BCUT2D eigenvalue weighted by Crippen LogP contribution is 2.43. The van der Waals surface area contributed by atoms with Gasteiger partial charge >= 0.3 is 18.0 Å². The van der Waals surface area contributed by atoms with Crippen LogP contribution in [0.2, 0.25) is 0 Å². The second-order valence-corrected chi connectivity index (χ2v) is 8.53. The summed E-state index contributed by atoms with van der Waals surface area (Å²) in [5.74, 6) is -1.68. The Kier molecular flexibility index (Phi) is 5.18. The number of amides is 2. The topological polar surface area (TPSA) is 114 Å². The van der Waals surface area contributed by atoms with E-state index in [1.165, 1.54) is 14.6 Å². The molecule has 2 atom stereocenters. The van der Waals surface area contributed by atoms with E-state index in [9.17, 15) is 19.5 Å². The third kappa shape index (κ3) is 4.11. The number of aromatic nitrogens is 2. The fourth-order valence-corrected chi connectivity index (χ4v) is 3.81. The number of rotatable bonds is 6. The van der Waals surface area contributed by atoms with E-state index in [4.69, 9.17) is 9.57 Å². The quantitative estimate of drug-likeness (QED) is 0.702. The normalized spacial score (nSPS) is 20.0. The average Bonchev–Trinajstić information content (AvgIpc) is 3.20. The van der Waals surface area contributed by atoms with Gasteiger partial charge in [0.15, 0.2) is 6.04 Å². The van der Waals surface area contributed by atoms with E-state index in [0.717, 1.165) is 5.56 Å². The van der Waals surface area contributed by atoms with E-state index < -0.39 is 35.7 Å². The molecule has 164 valence electrons. The van der Waals surface area contributed by atoms with Crippen LogP contribution >= 0.6 is 0 Å². The number of hydrogen-bond acceptors (Lipinski definition) is 6. The Morgan fingerprint density at radius 2 is 1.94 bits per heavy atom. The lowest BCUT2D eigenvalue weighted by Crippen LogP contribution is -2.38. The summed E-state index contributed by atoms with van der Waals surface area (Å²) in [6.07, 6.45) is 1.59. The predicted molar refractivity (Wildman–Crippen MR) is 106 cm³/mol. The fourth-order valence-electron chi connectivity index (χ4n) is 3.81. The monoisotopic (exact) mass is 428 g/mol. The first-order chi connectivity index (χ1) is 14.6. The van der Waals surface area contributed by atoms with E-state index in [0.29, 0.717) is 5.56 Å². The maximum Gasteiger partial charge on any atom is 0.345 e. The molecule has 2 aliphatic rings. The highest BCUT2D eigenvalue weighted by Gasteiger charge is 2.52. The summed E-state index contributed by atoms with van der Waals surface area (Å²) < 4.78 is 6.68. The number of esters is 1. The molecule has 1 aromatic carbocycles. The summed E-state index contributed by atoms with van der Waals surface area (Å²) in [5, 5.41) is 15.3. The molecule has 1 N–H and O–H groups in total. The summed E-state index contributed by atoms with van der Waals surface area (Å²) in [5.41, 5.74) is 1.01. The number of ether oxygens (including phenoxy) is 1. The van der Waals surface area contributed by atoms with Crippen LogP contribution in [-0.2, 0) is 32.3 Å². The van der Waals surface area contributed by atoms with Crippen molar-refractivity contribution in [3.8, 4) is 0 Å². The van der Waals surface area contributed by atoms with Crippen LogP contribution in [0.4, 0.5) is 4.79 Å².